The van der Waals surface area contributed by atoms with Gasteiger partial charge in [-0.05, 0) is 49.5 Å². The van der Waals surface area contributed by atoms with Crippen LogP contribution in [0.4, 0.5) is 0 Å². The van der Waals surface area contributed by atoms with Crippen molar-refractivity contribution >= 4 is 52.2 Å². The van der Waals surface area contributed by atoms with E-state index >= 15 is 0 Å². The van der Waals surface area contributed by atoms with Crippen LogP contribution in [0.3, 0.4) is 0 Å². The van der Waals surface area contributed by atoms with E-state index in [0.717, 1.165) is 31.5 Å². The predicted molar refractivity (Wildman–Crippen MR) is 119 cm³/mol. The minimum atomic E-state index is -0.893. The van der Waals surface area contributed by atoms with E-state index in [1.165, 1.54) is 23.1 Å². The van der Waals surface area contributed by atoms with Gasteiger partial charge in [0.25, 0.3) is 11.8 Å². The number of nitrogens with zero attached hydrogens (tertiary/aromatic N) is 2. The molecule has 2 amide bonds. The van der Waals surface area contributed by atoms with Crippen LogP contribution in [0.1, 0.15) is 37.7 Å². The molecule has 7 nitrogen and oxygen atoms in total. The highest BCUT2D eigenvalue weighted by molar-refractivity contribution is 8.26. The molecular weight excluding hydrogens is 424 g/mol. The van der Waals surface area contributed by atoms with E-state index < -0.39 is 5.97 Å². The van der Waals surface area contributed by atoms with Crippen LogP contribution in [0, 0.1) is 0 Å². The fraction of sp³-hybridized carbons (Fsp3) is 0.429. The number of carboxylic acid groups (broad SMARTS) is 1. The van der Waals surface area contributed by atoms with Gasteiger partial charge in [0.2, 0.25) is 0 Å². The van der Waals surface area contributed by atoms with Crippen LogP contribution in [0.15, 0.2) is 29.2 Å². The number of likely N-dealkylation sites (tertiary alicyclic amines) is 1. The number of rotatable bonds is 8. The molecular formula is C21H24N2O5S2. The molecule has 0 aromatic heterocycles. The molecule has 0 atom stereocenters. The zero-order valence-electron chi connectivity index (χ0n) is 16.5. The highest BCUT2D eigenvalue weighted by atomic mass is 32.2. The van der Waals surface area contributed by atoms with Gasteiger partial charge in [0, 0.05) is 26.1 Å². The Morgan fingerprint density at radius 2 is 1.87 bits per heavy atom. The average molecular weight is 449 g/mol. The van der Waals surface area contributed by atoms with Crippen LogP contribution in [0.5, 0.6) is 5.75 Å². The molecule has 30 heavy (non-hydrogen) atoms. The van der Waals surface area contributed by atoms with Crippen molar-refractivity contribution in [2.45, 2.75) is 32.1 Å². The van der Waals surface area contributed by atoms with Crippen molar-refractivity contribution in [2.75, 3.05) is 26.2 Å². The second-order valence-electron chi connectivity index (χ2n) is 7.13. The summed E-state index contributed by atoms with van der Waals surface area (Å²) in [6.45, 7) is 1.92. The quantitative estimate of drug-likeness (QED) is 0.483. The summed E-state index contributed by atoms with van der Waals surface area (Å²) in [6, 6.07) is 7.17. The molecule has 0 bridgehead atoms. The summed E-state index contributed by atoms with van der Waals surface area (Å²) in [5.41, 5.74) is 0.816. The molecule has 2 aliphatic rings. The third-order valence-corrected chi connectivity index (χ3v) is 6.27. The summed E-state index contributed by atoms with van der Waals surface area (Å²) in [7, 11) is 0. The van der Waals surface area contributed by atoms with Crippen molar-refractivity contribution in [1.82, 2.24) is 9.80 Å². The van der Waals surface area contributed by atoms with Gasteiger partial charge in [-0.1, -0.05) is 36.1 Å². The Labute approximate surface area is 185 Å². The molecule has 2 heterocycles. The Morgan fingerprint density at radius 1 is 1.17 bits per heavy atom. The lowest BCUT2D eigenvalue weighted by Crippen LogP contribution is -2.38. The van der Waals surface area contributed by atoms with Gasteiger partial charge >= 0.3 is 5.97 Å². The molecule has 160 valence electrons. The third-order valence-electron chi connectivity index (χ3n) is 4.89. The van der Waals surface area contributed by atoms with Gasteiger partial charge in [-0.2, -0.15) is 0 Å². The van der Waals surface area contributed by atoms with E-state index in [1.807, 2.05) is 17.0 Å². The van der Waals surface area contributed by atoms with Gasteiger partial charge < -0.3 is 14.7 Å². The molecule has 9 heteroatoms. The van der Waals surface area contributed by atoms with Crippen LogP contribution < -0.4 is 4.74 Å². The number of hydrogen-bond acceptors (Lipinski definition) is 6. The summed E-state index contributed by atoms with van der Waals surface area (Å²) in [4.78, 5) is 39.1. The summed E-state index contributed by atoms with van der Waals surface area (Å²) in [5.74, 6) is -0.497. The van der Waals surface area contributed by atoms with E-state index in [-0.39, 0.29) is 24.8 Å². The normalized spacial score (nSPS) is 18.2. The molecule has 1 N–H and O–H groups in total. The summed E-state index contributed by atoms with van der Waals surface area (Å²) < 4.78 is 6.04. The number of thiocarbonyl (C=S) groups is 1. The first kappa shape index (κ1) is 22.3. The molecule has 0 radical (unpaired) electrons. The van der Waals surface area contributed by atoms with Gasteiger partial charge in [0.15, 0.2) is 6.61 Å². The summed E-state index contributed by atoms with van der Waals surface area (Å²) in [5, 5.41) is 8.74. The molecule has 1 aromatic rings. The summed E-state index contributed by atoms with van der Waals surface area (Å²) >= 11 is 6.46. The number of carboxylic acids is 1. The third kappa shape index (κ3) is 6.06. The number of piperidine rings is 1. The Balaban J connectivity index is 1.53. The number of ether oxygens (including phenoxy) is 1. The largest absolute Gasteiger partial charge is 0.484 e. The number of thioether (sulfide) groups is 1. The van der Waals surface area contributed by atoms with Crippen LogP contribution in [0.25, 0.3) is 6.08 Å². The Kier molecular flexibility index (Phi) is 7.87. The Hall–Kier alpha value is -2.39. The maximum Gasteiger partial charge on any atom is 0.303 e. The number of benzene rings is 1. The minimum absolute atomic E-state index is 0.00215. The van der Waals surface area contributed by atoms with Gasteiger partial charge in [-0.25, -0.2) is 0 Å². The van der Waals surface area contributed by atoms with Crippen molar-refractivity contribution in [3.05, 3.63) is 34.7 Å². The van der Waals surface area contributed by atoms with Crippen molar-refractivity contribution in [3.8, 4) is 5.75 Å². The van der Waals surface area contributed by atoms with Crippen LogP contribution in [-0.4, -0.2) is 63.3 Å². The molecule has 2 fully saturated rings. The first-order valence-electron chi connectivity index (χ1n) is 9.92. The van der Waals surface area contributed by atoms with Crippen molar-refractivity contribution in [1.29, 1.82) is 0 Å². The first-order chi connectivity index (χ1) is 14.4. The molecule has 2 aliphatic heterocycles. The summed E-state index contributed by atoms with van der Waals surface area (Å²) in [6.07, 6.45) is 5.37. The number of hydrogen-bond donors (Lipinski definition) is 1. The molecule has 0 spiro atoms. The topological polar surface area (TPSA) is 87.1 Å². The fourth-order valence-electron chi connectivity index (χ4n) is 3.27. The molecule has 3 rings (SSSR count). The SMILES string of the molecule is O=C(O)CCCN1C(=O)/C(=C\c2ccc(OCC(=O)N3CCCCC3)cc2)SC1=S. The molecule has 1 aromatic carbocycles. The van der Waals surface area contributed by atoms with Crippen LogP contribution in [-0.2, 0) is 14.4 Å². The second kappa shape index (κ2) is 10.6. The van der Waals surface area contributed by atoms with Crippen molar-refractivity contribution in [3.63, 3.8) is 0 Å². The highest BCUT2D eigenvalue weighted by Crippen LogP contribution is 2.33. The molecule has 0 unspecified atom stereocenters. The van der Waals surface area contributed by atoms with Gasteiger partial charge in [0.1, 0.15) is 10.1 Å². The van der Waals surface area contributed by atoms with Crippen LogP contribution in [0.2, 0.25) is 0 Å². The van der Waals surface area contributed by atoms with E-state index in [4.69, 9.17) is 22.1 Å². The zero-order chi connectivity index (χ0) is 21.5. The fourth-order valence-corrected chi connectivity index (χ4v) is 4.58. The average Bonchev–Trinajstić information content (AvgIpc) is 3.00. The number of amides is 2. The molecule has 2 saturated heterocycles. The predicted octanol–water partition coefficient (Wildman–Crippen LogP) is 3.14. The van der Waals surface area contributed by atoms with E-state index in [1.54, 1.807) is 18.2 Å². The lowest BCUT2D eigenvalue weighted by Gasteiger charge is -2.26. The van der Waals surface area contributed by atoms with Gasteiger partial charge in [-0.3, -0.25) is 19.3 Å². The van der Waals surface area contributed by atoms with E-state index in [9.17, 15) is 14.4 Å². The molecule has 0 saturated carbocycles. The number of aliphatic carboxylic acids is 1. The monoisotopic (exact) mass is 448 g/mol. The van der Waals surface area contributed by atoms with Crippen molar-refractivity contribution in [2.24, 2.45) is 0 Å². The Morgan fingerprint density at radius 3 is 2.53 bits per heavy atom. The van der Waals surface area contributed by atoms with Gasteiger partial charge in [0.05, 0.1) is 4.91 Å². The Bertz CT molecular complexity index is 847. The molecule has 0 aliphatic carbocycles. The maximum atomic E-state index is 12.5. The van der Waals surface area contributed by atoms with E-state index in [0.29, 0.717) is 27.9 Å². The number of carbonyl (C=O) groups is 3. The van der Waals surface area contributed by atoms with Gasteiger partial charge in [-0.15, -0.1) is 0 Å². The maximum absolute atomic E-state index is 12.5. The minimum Gasteiger partial charge on any atom is -0.484 e. The second-order valence-corrected chi connectivity index (χ2v) is 8.81. The zero-order valence-corrected chi connectivity index (χ0v) is 18.2. The number of carbonyl (C=O) groups excluding carboxylic acids is 2. The van der Waals surface area contributed by atoms with E-state index in [2.05, 4.69) is 0 Å². The smallest absolute Gasteiger partial charge is 0.303 e. The van der Waals surface area contributed by atoms with Crippen molar-refractivity contribution < 1.29 is 24.2 Å². The lowest BCUT2D eigenvalue weighted by molar-refractivity contribution is -0.137. The standard InChI is InChI=1S/C21H24N2O5S2/c24-18(22-10-2-1-3-11-22)14-28-16-8-6-15(7-9-16)13-17-20(27)23(21(29)30-17)12-4-5-19(25)26/h6-9,13H,1-5,10-12,14H2,(H,25,26)/b17-13+. The highest BCUT2D eigenvalue weighted by Gasteiger charge is 2.31. The first-order valence-corrected chi connectivity index (χ1v) is 11.1. The lowest BCUT2D eigenvalue weighted by atomic mass is 10.1. The van der Waals surface area contributed by atoms with Crippen LogP contribution >= 0.6 is 24.0 Å².